The van der Waals surface area contributed by atoms with Gasteiger partial charge in [0.15, 0.2) is 0 Å². The quantitative estimate of drug-likeness (QED) is 0.743. The number of rotatable bonds is 7. The van der Waals surface area contributed by atoms with E-state index in [1.165, 1.54) is 16.2 Å². The summed E-state index contributed by atoms with van der Waals surface area (Å²) in [6.45, 7) is 0. The van der Waals surface area contributed by atoms with Gasteiger partial charge in [-0.2, -0.15) is 0 Å². The fourth-order valence-corrected chi connectivity index (χ4v) is 3.93. The van der Waals surface area contributed by atoms with Gasteiger partial charge in [-0.25, -0.2) is 0 Å². The van der Waals surface area contributed by atoms with Crippen molar-refractivity contribution >= 4 is 34.7 Å². The van der Waals surface area contributed by atoms with E-state index in [0.29, 0.717) is 6.04 Å². The van der Waals surface area contributed by atoms with Gasteiger partial charge in [0.25, 0.3) is 0 Å². The van der Waals surface area contributed by atoms with E-state index in [1.807, 2.05) is 48.3 Å². The van der Waals surface area contributed by atoms with Crippen LogP contribution in [0.4, 0.5) is 0 Å². The van der Waals surface area contributed by atoms with Crippen molar-refractivity contribution in [1.82, 2.24) is 5.32 Å². The summed E-state index contributed by atoms with van der Waals surface area (Å²) in [6, 6.07) is 12.9. The molecule has 2 rings (SSSR count). The van der Waals surface area contributed by atoms with Gasteiger partial charge in [0.2, 0.25) is 0 Å². The van der Waals surface area contributed by atoms with Crippen LogP contribution in [0.3, 0.4) is 0 Å². The molecule has 0 aliphatic rings. The second-order valence-corrected chi connectivity index (χ2v) is 6.93. The molecule has 0 saturated carbocycles. The van der Waals surface area contributed by atoms with Crippen molar-refractivity contribution in [2.75, 3.05) is 12.8 Å². The van der Waals surface area contributed by atoms with Gasteiger partial charge in [0.1, 0.15) is 0 Å². The summed E-state index contributed by atoms with van der Waals surface area (Å²) in [4.78, 5) is 2.71. The highest BCUT2D eigenvalue weighted by Crippen LogP contribution is 2.23. The van der Waals surface area contributed by atoms with Crippen LogP contribution >= 0.6 is 34.7 Å². The maximum absolute atomic E-state index is 6.00. The molecule has 0 radical (unpaired) electrons. The molecule has 0 amide bonds. The Bertz CT molecular complexity index is 485. The van der Waals surface area contributed by atoms with E-state index in [9.17, 15) is 0 Å². The Hall–Kier alpha value is -0.480. The average molecular weight is 312 g/mol. The molecule has 1 N–H and O–H groups in total. The normalized spacial score (nSPS) is 12.5. The third kappa shape index (κ3) is 5.19. The molecule has 1 atom stereocenters. The molecular weight excluding hydrogens is 294 g/mol. The summed E-state index contributed by atoms with van der Waals surface area (Å²) in [7, 11) is 2.04. The zero-order chi connectivity index (χ0) is 13.5. The summed E-state index contributed by atoms with van der Waals surface area (Å²) >= 11 is 9.70. The van der Waals surface area contributed by atoms with Gasteiger partial charge in [0, 0.05) is 26.6 Å². The number of thiophene rings is 1. The Morgan fingerprint density at radius 1 is 1.32 bits per heavy atom. The molecule has 1 aromatic heterocycles. The first-order valence-electron chi connectivity index (χ1n) is 6.36. The van der Waals surface area contributed by atoms with Gasteiger partial charge in [-0.1, -0.05) is 23.7 Å². The SMILES string of the molecule is CNC(CCc1cccs1)CSc1cccc(Cl)c1. The number of nitrogens with one attached hydrogen (secondary N) is 1. The Morgan fingerprint density at radius 2 is 2.21 bits per heavy atom. The lowest BCUT2D eigenvalue weighted by molar-refractivity contribution is 0.575. The Kier molecular flexibility index (Phi) is 6.24. The lowest BCUT2D eigenvalue weighted by Gasteiger charge is -2.15. The van der Waals surface area contributed by atoms with Gasteiger partial charge in [-0.15, -0.1) is 23.1 Å². The van der Waals surface area contributed by atoms with E-state index in [-0.39, 0.29) is 0 Å². The Balaban J connectivity index is 1.79. The van der Waals surface area contributed by atoms with Crippen molar-refractivity contribution in [2.24, 2.45) is 0 Å². The topological polar surface area (TPSA) is 12.0 Å². The lowest BCUT2D eigenvalue weighted by Crippen LogP contribution is -2.28. The van der Waals surface area contributed by atoms with Crippen LogP contribution in [0.25, 0.3) is 0 Å². The molecule has 1 heterocycles. The molecule has 1 nitrogen and oxygen atoms in total. The van der Waals surface area contributed by atoms with Crippen LogP contribution in [0.15, 0.2) is 46.7 Å². The van der Waals surface area contributed by atoms with Gasteiger partial charge in [-0.3, -0.25) is 0 Å². The van der Waals surface area contributed by atoms with Crippen molar-refractivity contribution in [3.8, 4) is 0 Å². The molecule has 1 unspecified atom stereocenters. The highest BCUT2D eigenvalue weighted by atomic mass is 35.5. The minimum Gasteiger partial charge on any atom is -0.316 e. The zero-order valence-electron chi connectivity index (χ0n) is 10.9. The van der Waals surface area contributed by atoms with Crippen molar-refractivity contribution in [3.63, 3.8) is 0 Å². The summed E-state index contributed by atoms with van der Waals surface area (Å²) in [6.07, 6.45) is 2.32. The number of hydrogen-bond donors (Lipinski definition) is 1. The first-order chi connectivity index (χ1) is 9.28. The number of benzene rings is 1. The Labute approximate surface area is 128 Å². The fourth-order valence-electron chi connectivity index (χ4n) is 1.84. The molecule has 19 heavy (non-hydrogen) atoms. The van der Waals surface area contributed by atoms with Crippen molar-refractivity contribution in [3.05, 3.63) is 51.7 Å². The van der Waals surface area contributed by atoms with Crippen LogP contribution in [0.2, 0.25) is 5.02 Å². The standard InChI is InChI=1S/C15H18ClNS2/c1-17-13(7-8-14-6-3-9-18-14)11-19-15-5-2-4-12(16)10-15/h2-6,9-10,13,17H,7-8,11H2,1H3. The lowest BCUT2D eigenvalue weighted by atomic mass is 10.1. The smallest absolute Gasteiger partial charge is 0.0417 e. The highest BCUT2D eigenvalue weighted by molar-refractivity contribution is 7.99. The maximum Gasteiger partial charge on any atom is 0.0417 e. The molecule has 102 valence electrons. The molecular formula is C15H18ClNS2. The third-order valence-electron chi connectivity index (χ3n) is 2.97. The van der Waals surface area contributed by atoms with Crippen LogP contribution in [-0.4, -0.2) is 18.8 Å². The number of aryl methyl sites for hydroxylation is 1. The van der Waals surface area contributed by atoms with E-state index in [0.717, 1.165) is 17.2 Å². The first-order valence-corrected chi connectivity index (χ1v) is 8.60. The molecule has 1 aromatic carbocycles. The number of thioether (sulfide) groups is 1. The van der Waals surface area contributed by atoms with E-state index in [2.05, 4.69) is 28.9 Å². The zero-order valence-corrected chi connectivity index (χ0v) is 13.3. The summed E-state index contributed by atoms with van der Waals surface area (Å²) in [5, 5.41) is 6.35. The molecule has 0 saturated heterocycles. The second kappa shape index (κ2) is 7.95. The van der Waals surface area contributed by atoms with E-state index < -0.39 is 0 Å². The van der Waals surface area contributed by atoms with Gasteiger partial charge in [-0.05, 0) is 49.5 Å². The van der Waals surface area contributed by atoms with Crippen LogP contribution < -0.4 is 5.32 Å². The molecule has 4 heteroatoms. The largest absolute Gasteiger partial charge is 0.316 e. The third-order valence-corrected chi connectivity index (χ3v) is 5.30. The minimum atomic E-state index is 0.533. The molecule has 0 bridgehead atoms. The number of halogens is 1. The van der Waals surface area contributed by atoms with Gasteiger partial charge >= 0.3 is 0 Å². The molecule has 2 aromatic rings. The first kappa shape index (κ1) is 14.9. The highest BCUT2D eigenvalue weighted by Gasteiger charge is 2.08. The van der Waals surface area contributed by atoms with Crippen molar-refractivity contribution in [2.45, 2.75) is 23.8 Å². The van der Waals surface area contributed by atoms with Crippen LogP contribution in [-0.2, 0) is 6.42 Å². The Morgan fingerprint density at radius 3 is 2.89 bits per heavy atom. The van der Waals surface area contributed by atoms with Gasteiger partial charge in [0.05, 0.1) is 0 Å². The minimum absolute atomic E-state index is 0.533. The van der Waals surface area contributed by atoms with E-state index in [1.54, 1.807) is 0 Å². The number of hydrogen-bond acceptors (Lipinski definition) is 3. The van der Waals surface area contributed by atoms with Crippen molar-refractivity contribution < 1.29 is 0 Å². The van der Waals surface area contributed by atoms with Crippen LogP contribution in [0.5, 0.6) is 0 Å². The molecule has 0 spiro atoms. The van der Waals surface area contributed by atoms with Crippen LogP contribution in [0, 0.1) is 0 Å². The summed E-state index contributed by atoms with van der Waals surface area (Å²) < 4.78 is 0. The maximum atomic E-state index is 6.00. The summed E-state index contributed by atoms with van der Waals surface area (Å²) in [5.74, 6) is 1.07. The average Bonchev–Trinajstić information content (AvgIpc) is 2.92. The second-order valence-electron chi connectivity index (χ2n) is 4.37. The molecule has 0 fully saturated rings. The predicted octanol–water partition coefficient (Wildman–Crippen LogP) is 4.71. The fraction of sp³-hybridized carbons (Fsp3) is 0.333. The summed E-state index contributed by atoms with van der Waals surface area (Å²) in [5.41, 5.74) is 0. The van der Waals surface area contributed by atoms with Crippen LogP contribution in [0.1, 0.15) is 11.3 Å². The van der Waals surface area contributed by atoms with E-state index >= 15 is 0 Å². The van der Waals surface area contributed by atoms with Gasteiger partial charge < -0.3 is 5.32 Å². The molecule has 0 aliphatic carbocycles. The predicted molar refractivity (Wildman–Crippen MR) is 87.7 cm³/mol. The van der Waals surface area contributed by atoms with Crippen molar-refractivity contribution in [1.29, 1.82) is 0 Å². The molecule has 0 aliphatic heterocycles. The monoisotopic (exact) mass is 311 g/mol. The van der Waals surface area contributed by atoms with E-state index in [4.69, 9.17) is 11.6 Å².